The average Bonchev–Trinajstić information content (AvgIpc) is 3.33. The lowest BCUT2D eigenvalue weighted by Gasteiger charge is -2.10. The number of thioether (sulfide) groups is 1. The quantitative estimate of drug-likeness (QED) is 0.613. The summed E-state index contributed by atoms with van der Waals surface area (Å²) in [6, 6.07) is 9.71. The maximum Gasteiger partial charge on any atom is 0.350 e. The first-order chi connectivity index (χ1) is 13.6. The van der Waals surface area contributed by atoms with Crippen molar-refractivity contribution in [3.63, 3.8) is 0 Å². The van der Waals surface area contributed by atoms with Crippen LogP contribution in [0.1, 0.15) is 18.5 Å². The minimum Gasteiger partial charge on any atom is -0.376 e. The number of amides is 1. The molecule has 1 unspecified atom stereocenters. The Morgan fingerprint density at radius 3 is 2.96 bits per heavy atom. The number of nitrogens with one attached hydrogen (secondary N) is 2. The van der Waals surface area contributed by atoms with Gasteiger partial charge in [0.25, 0.3) is 0 Å². The van der Waals surface area contributed by atoms with E-state index >= 15 is 0 Å². The van der Waals surface area contributed by atoms with Gasteiger partial charge in [0.15, 0.2) is 10.8 Å². The molecule has 1 atom stereocenters. The Hall–Kier alpha value is -2.65. The molecule has 1 fully saturated rings. The molecule has 2 N–H and O–H groups in total. The van der Waals surface area contributed by atoms with Crippen LogP contribution in [0, 0.1) is 6.92 Å². The van der Waals surface area contributed by atoms with Gasteiger partial charge in [0, 0.05) is 18.7 Å². The number of carbonyl (C=O) groups excluding carboxylic acids is 1. The van der Waals surface area contributed by atoms with Gasteiger partial charge in [-0.2, -0.15) is 9.61 Å². The minimum absolute atomic E-state index is 0.103. The van der Waals surface area contributed by atoms with Gasteiger partial charge < -0.3 is 10.1 Å². The molecule has 4 rings (SSSR count). The normalized spacial score (nSPS) is 16.5. The summed E-state index contributed by atoms with van der Waals surface area (Å²) in [4.78, 5) is 31.7. The Morgan fingerprint density at radius 2 is 2.21 bits per heavy atom. The van der Waals surface area contributed by atoms with Gasteiger partial charge in [-0.15, -0.1) is 0 Å². The van der Waals surface area contributed by atoms with E-state index in [-0.39, 0.29) is 23.5 Å². The molecule has 3 aromatic rings. The number of aromatic nitrogens is 4. The van der Waals surface area contributed by atoms with Gasteiger partial charge in [0.1, 0.15) is 0 Å². The third kappa shape index (κ3) is 3.95. The Labute approximate surface area is 165 Å². The van der Waals surface area contributed by atoms with Crippen molar-refractivity contribution in [2.24, 2.45) is 0 Å². The summed E-state index contributed by atoms with van der Waals surface area (Å²) in [5.41, 5.74) is 2.59. The van der Waals surface area contributed by atoms with Crippen molar-refractivity contribution < 1.29 is 9.53 Å². The van der Waals surface area contributed by atoms with E-state index in [1.54, 1.807) is 0 Å². The summed E-state index contributed by atoms with van der Waals surface area (Å²) >= 11 is 1.19. The van der Waals surface area contributed by atoms with Crippen LogP contribution in [-0.4, -0.2) is 50.5 Å². The molecular weight excluding hydrogens is 378 g/mol. The van der Waals surface area contributed by atoms with Crippen molar-refractivity contribution in [1.29, 1.82) is 0 Å². The smallest absolute Gasteiger partial charge is 0.350 e. The molecule has 0 spiro atoms. The number of nitrogens with zero attached hydrogens (tertiary/aromatic N) is 3. The monoisotopic (exact) mass is 399 g/mol. The van der Waals surface area contributed by atoms with Crippen LogP contribution in [0.25, 0.3) is 16.8 Å². The standard InChI is InChI=1S/C19H21N5O3S/c1-12-16(13-6-3-2-4-7-13)17-21-18(22-19(26)24(17)23-12)28-11-15(25)20-10-14-8-5-9-27-14/h2-4,6-7,14H,5,8-11H2,1H3,(H,20,25)(H,21,22,26). The molecular formula is C19H21N5O3S. The van der Waals surface area contributed by atoms with Gasteiger partial charge in [-0.05, 0) is 25.3 Å². The fraction of sp³-hybridized carbons (Fsp3) is 0.368. The van der Waals surface area contributed by atoms with Crippen LogP contribution in [0.5, 0.6) is 0 Å². The van der Waals surface area contributed by atoms with Crippen LogP contribution in [0.15, 0.2) is 40.3 Å². The molecule has 2 aromatic heterocycles. The predicted octanol–water partition coefficient (Wildman–Crippen LogP) is 1.78. The van der Waals surface area contributed by atoms with E-state index in [1.165, 1.54) is 16.3 Å². The molecule has 1 aromatic carbocycles. The van der Waals surface area contributed by atoms with Crippen LogP contribution in [-0.2, 0) is 9.53 Å². The van der Waals surface area contributed by atoms with Crippen molar-refractivity contribution in [3.8, 4) is 11.1 Å². The van der Waals surface area contributed by atoms with Gasteiger partial charge in [0.05, 0.1) is 17.6 Å². The Balaban J connectivity index is 1.52. The molecule has 1 aliphatic rings. The van der Waals surface area contributed by atoms with Crippen molar-refractivity contribution in [3.05, 3.63) is 46.5 Å². The van der Waals surface area contributed by atoms with E-state index in [9.17, 15) is 9.59 Å². The molecule has 8 nitrogen and oxygen atoms in total. The third-order valence-electron chi connectivity index (χ3n) is 4.60. The molecule has 1 aliphatic heterocycles. The largest absolute Gasteiger partial charge is 0.376 e. The summed E-state index contributed by atoms with van der Waals surface area (Å²) in [5, 5.41) is 7.56. The van der Waals surface area contributed by atoms with E-state index in [2.05, 4.69) is 20.4 Å². The van der Waals surface area contributed by atoms with Crippen LogP contribution < -0.4 is 11.0 Å². The number of ether oxygens (including phenoxy) is 1. The van der Waals surface area contributed by atoms with Crippen molar-refractivity contribution >= 4 is 23.3 Å². The van der Waals surface area contributed by atoms with E-state index in [1.807, 2.05) is 37.3 Å². The number of fused-ring (bicyclic) bond motifs is 1. The Morgan fingerprint density at radius 1 is 1.39 bits per heavy atom. The van der Waals surface area contributed by atoms with Gasteiger partial charge in [-0.3, -0.25) is 9.78 Å². The number of H-pyrrole nitrogens is 1. The lowest BCUT2D eigenvalue weighted by atomic mass is 10.1. The van der Waals surface area contributed by atoms with Gasteiger partial charge >= 0.3 is 5.69 Å². The number of aryl methyl sites for hydroxylation is 1. The third-order valence-corrected chi connectivity index (χ3v) is 5.48. The predicted molar refractivity (Wildman–Crippen MR) is 106 cm³/mol. The second-order valence-corrected chi connectivity index (χ2v) is 7.60. The van der Waals surface area contributed by atoms with Gasteiger partial charge in [-0.25, -0.2) is 9.78 Å². The molecule has 0 bridgehead atoms. The maximum absolute atomic E-state index is 12.4. The zero-order valence-electron chi connectivity index (χ0n) is 15.5. The molecule has 9 heteroatoms. The van der Waals surface area contributed by atoms with E-state index in [0.29, 0.717) is 17.3 Å². The molecule has 0 aliphatic carbocycles. The van der Waals surface area contributed by atoms with Crippen LogP contribution in [0.3, 0.4) is 0 Å². The van der Waals surface area contributed by atoms with Gasteiger partial charge in [-0.1, -0.05) is 42.1 Å². The summed E-state index contributed by atoms with van der Waals surface area (Å²) in [5.74, 6) is 0.0515. The highest BCUT2D eigenvalue weighted by atomic mass is 32.2. The van der Waals surface area contributed by atoms with Crippen molar-refractivity contribution in [2.75, 3.05) is 18.9 Å². The molecule has 0 saturated carbocycles. The average molecular weight is 399 g/mol. The van der Waals surface area contributed by atoms with Crippen LogP contribution >= 0.6 is 11.8 Å². The summed E-state index contributed by atoms with van der Waals surface area (Å²) in [6.07, 6.45) is 2.11. The number of benzene rings is 1. The highest BCUT2D eigenvalue weighted by Crippen LogP contribution is 2.26. The molecule has 1 saturated heterocycles. The summed E-state index contributed by atoms with van der Waals surface area (Å²) < 4.78 is 6.76. The number of hydrogen-bond acceptors (Lipinski definition) is 6. The van der Waals surface area contributed by atoms with E-state index in [4.69, 9.17) is 4.74 Å². The maximum atomic E-state index is 12.4. The first-order valence-corrected chi connectivity index (χ1v) is 10.2. The summed E-state index contributed by atoms with van der Waals surface area (Å²) in [7, 11) is 0. The molecule has 1 amide bonds. The number of aromatic amines is 1. The van der Waals surface area contributed by atoms with E-state index < -0.39 is 0 Å². The second-order valence-electron chi connectivity index (χ2n) is 6.64. The number of hydrogen-bond donors (Lipinski definition) is 2. The minimum atomic E-state index is -0.377. The Bertz CT molecular complexity index is 1040. The molecule has 0 radical (unpaired) electrons. The lowest BCUT2D eigenvalue weighted by Crippen LogP contribution is -2.33. The van der Waals surface area contributed by atoms with E-state index in [0.717, 1.165) is 36.3 Å². The fourth-order valence-electron chi connectivity index (χ4n) is 3.26. The van der Waals surface area contributed by atoms with Crippen LogP contribution in [0.2, 0.25) is 0 Å². The SMILES string of the molecule is Cc1nn2c(=O)[nH]c(SCC(=O)NCC3CCCO3)nc2c1-c1ccccc1. The molecule has 28 heavy (non-hydrogen) atoms. The zero-order valence-corrected chi connectivity index (χ0v) is 16.3. The van der Waals surface area contributed by atoms with Crippen LogP contribution in [0.4, 0.5) is 0 Å². The lowest BCUT2D eigenvalue weighted by molar-refractivity contribution is -0.119. The fourth-order valence-corrected chi connectivity index (χ4v) is 3.94. The Kier molecular flexibility index (Phi) is 5.45. The first-order valence-electron chi connectivity index (χ1n) is 9.18. The second kappa shape index (κ2) is 8.15. The topological polar surface area (TPSA) is 101 Å². The number of carbonyl (C=O) groups is 1. The number of rotatable bonds is 6. The summed E-state index contributed by atoms with van der Waals surface area (Å²) in [6.45, 7) is 3.12. The first kappa shape index (κ1) is 18.7. The highest BCUT2D eigenvalue weighted by molar-refractivity contribution is 7.99. The highest BCUT2D eigenvalue weighted by Gasteiger charge is 2.18. The van der Waals surface area contributed by atoms with Gasteiger partial charge in [0.2, 0.25) is 5.91 Å². The van der Waals surface area contributed by atoms with Crippen molar-refractivity contribution in [2.45, 2.75) is 31.0 Å². The van der Waals surface area contributed by atoms with Crippen molar-refractivity contribution in [1.82, 2.24) is 24.9 Å². The molecule has 146 valence electrons. The molecule has 3 heterocycles. The zero-order chi connectivity index (χ0) is 19.5.